The Kier molecular flexibility index (Phi) is 11.3. The van der Waals surface area contributed by atoms with E-state index in [1.807, 2.05) is 0 Å². The fraction of sp³-hybridized carbons (Fsp3) is 1.00. The summed E-state index contributed by atoms with van der Waals surface area (Å²) in [5.74, 6) is 0. The van der Waals surface area contributed by atoms with E-state index in [2.05, 4.69) is 0 Å². The summed E-state index contributed by atoms with van der Waals surface area (Å²) in [5.41, 5.74) is 0. The molecule has 1 unspecified atom stereocenters. The predicted molar refractivity (Wildman–Crippen MR) is 49.3 cm³/mol. The van der Waals surface area contributed by atoms with Crippen molar-refractivity contribution in [3.63, 3.8) is 0 Å². The first-order valence-electron chi connectivity index (χ1n) is 4.54. The molecule has 0 bridgehead atoms. The van der Waals surface area contributed by atoms with Gasteiger partial charge in [-0.25, -0.2) is 8.42 Å². The van der Waals surface area contributed by atoms with Crippen molar-refractivity contribution >= 4 is 10.1 Å². The summed E-state index contributed by atoms with van der Waals surface area (Å²) in [7, 11) is -4.09. The number of unbranched alkanes of at least 4 members (excludes halogenated alkanes) is 3. The number of hydrogen-bond donors (Lipinski definition) is 1. The van der Waals surface area contributed by atoms with E-state index in [4.69, 9.17) is 5.11 Å². The summed E-state index contributed by atoms with van der Waals surface area (Å²) in [6.07, 6.45) is 3.68. The summed E-state index contributed by atoms with van der Waals surface area (Å²) < 4.78 is 31.4. The van der Waals surface area contributed by atoms with Crippen LogP contribution in [0.4, 0.5) is 0 Å². The Morgan fingerprint density at radius 2 is 1.71 bits per heavy atom. The molecule has 0 heterocycles. The molecule has 0 rings (SSSR count). The number of rotatable bonds is 7. The zero-order valence-corrected chi connectivity index (χ0v) is 11.7. The predicted octanol–water partition coefficient (Wildman–Crippen LogP) is -2.13. The molecular weight excluding hydrogens is 215 g/mol. The standard InChI is InChI=1S/C8H18O4S.Na/c1-8(13(10,11)12)6-4-2-3-5-7-9;/h8-9H,2-7H2,1H3,(H,10,11,12);/q;+1/p-1. The molecule has 0 fully saturated rings. The van der Waals surface area contributed by atoms with E-state index in [-0.39, 0.29) is 36.2 Å². The number of aliphatic hydroxyl groups excluding tert-OH is 1. The molecule has 1 atom stereocenters. The topological polar surface area (TPSA) is 77.4 Å². The van der Waals surface area contributed by atoms with Crippen LogP contribution in [0, 0.1) is 0 Å². The van der Waals surface area contributed by atoms with Crippen LogP contribution in [-0.2, 0) is 10.1 Å². The van der Waals surface area contributed by atoms with Gasteiger partial charge in [-0.15, -0.1) is 0 Å². The van der Waals surface area contributed by atoms with Crippen LogP contribution >= 0.6 is 0 Å². The second-order valence-corrected chi connectivity index (χ2v) is 5.02. The minimum atomic E-state index is -4.09. The van der Waals surface area contributed by atoms with E-state index >= 15 is 0 Å². The molecule has 0 saturated heterocycles. The normalized spacial score (nSPS) is 13.4. The molecule has 0 radical (unpaired) electrons. The Balaban J connectivity index is 0. The van der Waals surface area contributed by atoms with Gasteiger partial charge < -0.3 is 9.66 Å². The fourth-order valence-corrected chi connectivity index (χ4v) is 1.50. The smallest absolute Gasteiger partial charge is 0.748 e. The molecule has 0 aliphatic carbocycles. The Hall–Kier alpha value is 0.870. The molecule has 0 aromatic rings. The van der Waals surface area contributed by atoms with E-state index < -0.39 is 15.4 Å². The van der Waals surface area contributed by atoms with Crippen molar-refractivity contribution in [1.82, 2.24) is 0 Å². The Morgan fingerprint density at radius 3 is 2.14 bits per heavy atom. The molecule has 0 saturated carbocycles. The van der Waals surface area contributed by atoms with Crippen molar-refractivity contribution < 1.29 is 47.6 Å². The molecule has 0 aromatic carbocycles. The molecular formula is C8H17NaO4S. The second-order valence-electron chi connectivity index (χ2n) is 3.23. The van der Waals surface area contributed by atoms with Crippen LogP contribution < -0.4 is 29.6 Å². The summed E-state index contributed by atoms with van der Waals surface area (Å²) >= 11 is 0. The van der Waals surface area contributed by atoms with E-state index in [9.17, 15) is 13.0 Å². The van der Waals surface area contributed by atoms with Crippen molar-refractivity contribution in [2.45, 2.75) is 44.3 Å². The van der Waals surface area contributed by atoms with Gasteiger partial charge in [0.1, 0.15) is 0 Å². The molecule has 0 aromatic heterocycles. The summed E-state index contributed by atoms with van der Waals surface area (Å²) in [4.78, 5) is 0. The molecule has 1 N–H and O–H groups in total. The van der Waals surface area contributed by atoms with Gasteiger partial charge in [0.05, 0.1) is 10.1 Å². The van der Waals surface area contributed by atoms with Crippen LogP contribution in [0.2, 0.25) is 0 Å². The molecule has 6 heteroatoms. The largest absolute Gasteiger partial charge is 1.00 e. The van der Waals surface area contributed by atoms with E-state index in [0.29, 0.717) is 6.42 Å². The maximum Gasteiger partial charge on any atom is 1.00 e. The minimum Gasteiger partial charge on any atom is -0.748 e. The van der Waals surface area contributed by atoms with Gasteiger partial charge in [0.25, 0.3) is 0 Å². The number of aliphatic hydroxyl groups is 1. The van der Waals surface area contributed by atoms with Crippen LogP contribution in [0.1, 0.15) is 39.0 Å². The van der Waals surface area contributed by atoms with Crippen molar-refractivity contribution in [3.05, 3.63) is 0 Å². The van der Waals surface area contributed by atoms with Crippen molar-refractivity contribution in [2.24, 2.45) is 0 Å². The molecule has 4 nitrogen and oxygen atoms in total. The minimum absolute atomic E-state index is 0. The third-order valence-corrected chi connectivity index (χ3v) is 3.23. The quantitative estimate of drug-likeness (QED) is 0.309. The van der Waals surface area contributed by atoms with Crippen LogP contribution in [0.25, 0.3) is 0 Å². The molecule has 0 aliphatic rings. The van der Waals surface area contributed by atoms with Gasteiger partial charge in [0, 0.05) is 11.9 Å². The average Bonchev–Trinajstić information content (AvgIpc) is 2.02. The fourth-order valence-electron chi connectivity index (χ4n) is 1.04. The monoisotopic (exact) mass is 232 g/mol. The van der Waals surface area contributed by atoms with E-state index in [0.717, 1.165) is 25.7 Å². The first-order chi connectivity index (χ1) is 5.98. The first kappa shape index (κ1) is 17.3. The maximum absolute atomic E-state index is 10.5. The first-order valence-corrected chi connectivity index (χ1v) is 6.01. The van der Waals surface area contributed by atoms with Gasteiger partial charge in [0.15, 0.2) is 0 Å². The summed E-state index contributed by atoms with van der Waals surface area (Å²) in [5, 5.41) is 7.68. The van der Waals surface area contributed by atoms with E-state index in [1.165, 1.54) is 6.92 Å². The van der Waals surface area contributed by atoms with Gasteiger partial charge in [-0.2, -0.15) is 0 Å². The van der Waals surface area contributed by atoms with Crippen LogP contribution in [0.15, 0.2) is 0 Å². The molecule has 80 valence electrons. The zero-order valence-electron chi connectivity index (χ0n) is 8.90. The van der Waals surface area contributed by atoms with Gasteiger partial charge in [-0.05, 0) is 19.8 Å². The van der Waals surface area contributed by atoms with Crippen LogP contribution in [0.3, 0.4) is 0 Å². The zero-order chi connectivity index (χ0) is 10.3. The van der Waals surface area contributed by atoms with Gasteiger partial charge in [-0.1, -0.05) is 19.3 Å². The van der Waals surface area contributed by atoms with Gasteiger partial charge in [-0.3, -0.25) is 0 Å². The van der Waals surface area contributed by atoms with Crippen molar-refractivity contribution in [2.75, 3.05) is 6.61 Å². The van der Waals surface area contributed by atoms with Crippen molar-refractivity contribution in [3.8, 4) is 0 Å². The molecule has 0 aliphatic heterocycles. The van der Waals surface area contributed by atoms with E-state index in [1.54, 1.807) is 0 Å². The Labute approximate surface area is 108 Å². The second kappa shape index (κ2) is 9.12. The SMILES string of the molecule is CC(CCCCCCO)S(=O)(=O)[O-].[Na+]. The third-order valence-electron chi connectivity index (χ3n) is 2.01. The Morgan fingerprint density at radius 1 is 1.21 bits per heavy atom. The molecule has 0 amide bonds. The van der Waals surface area contributed by atoms with Gasteiger partial charge >= 0.3 is 29.6 Å². The number of hydrogen-bond acceptors (Lipinski definition) is 4. The summed E-state index contributed by atoms with van der Waals surface area (Å²) in [6, 6.07) is 0. The molecule has 0 spiro atoms. The van der Waals surface area contributed by atoms with Crippen LogP contribution in [0.5, 0.6) is 0 Å². The average molecular weight is 232 g/mol. The summed E-state index contributed by atoms with van der Waals surface area (Å²) in [6.45, 7) is 1.61. The maximum atomic E-state index is 10.5. The van der Waals surface area contributed by atoms with Crippen molar-refractivity contribution in [1.29, 1.82) is 0 Å². The third kappa shape index (κ3) is 9.43. The van der Waals surface area contributed by atoms with Gasteiger partial charge in [0.2, 0.25) is 0 Å². The Bertz CT molecular complexity index is 215. The molecule has 14 heavy (non-hydrogen) atoms. The van der Waals surface area contributed by atoms with Crippen LogP contribution in [-0.4, -0.2) is 29.9 Å².